The first-order valence-corrected chi connectivity index (χ1v) is 10.5. The molecule has 0 radical (unpaired) electrons. The zero-order chi connectivity index (χ0) is 20.8. The topological polar surface area (TPSA) is 110 Å². The molecule has 29 heavy (non-hydrogen) atoms. The maximum absolute atomic E-state index is 13.1. The minimum Gasteiger partial charge on any atom is -0.508 e. The molecule has 2 bridgehead atoms. The van der Waals surface area contributed by atoms with E-state index in [2.05, 4.69) is 10.2 Å². The molecular formula is C22H30N2O5. The summed E-state index contributed by atoms with van der Waals surface area (Å²) in [5.41, 5.74) is 0.142. The number of carbonyl (C=O) groups is 2. The summed E-state index contributed by atoms with van der Waals surface area (Å²) in [7, 11) is 2.00. The van der Waals surface area contributed by atoms with E-state index in [0.717, 1.165) is 17.7 Å². The number of aliphatic hydroxyl groups is 2. The number of hydrogen-bond donors (Lipinski definition) is 4. The number of Topliss-reactive ketones (excluding diaryl/α,β-unsaturated/α-hetero) is 1. The van der Waals surface area contributed by atoms with Gasteiger partial charge < -0.3 is 25.5 Å². The zero-order valence-electron chi connectivity index (χ0n) is 16.9. The first-order valence-electron chi connectivity index (χ1n) is 10.5. The predicted octanol–water partition coefficient (Wildman–Crippen LogP) is 0.489. The monoisotopic (exact) mass is 402 g/mol. The number of nitrogens with zero attached hydrogens (tertiary/aromatic N) is 1. The van der Waals surface area contributed by atoms with Gasteiger partial charge in [0, 0.05) is 43.4 Å². The number of piperidine rings is 1. The average molecular weight is 402 g/mol. The molecule has 7 nitrogen and oxygen atoms in total. The van der Waals surface area contributed by atoms with Gasteiger partial charge in [-0.05, 0) is 62.5 Å². The number of rotatable bonds is 5. The summed E-state index contributed by atoms with van der Waals surface area (Å²) >= 11 is 0. The Morgan fingerprint density at radius 1 is 1.38 bits per heavy atom. The van der Waals surface area contributed by atoms with Crippen molar-refractivity contribution in [3.05, 3.63) is 29.3 Å². The fourth-order valence-corrected chi connectivity index (χ4v) is 5.90. The lowest BCUT2D eigenvalue weighted by atomic mass is 9.47. The number of ketones is 1. The second-order valence-corrected chi connectivity index (χ2v) is 8.97. The van der Waals surface area contributed by atoms with Crippen molar-refractivity contribution in [3.8, 4) is 5.75 Å². The molecule has 0 aromatic heterocycles. The Morgan fingerprint density at radius 3 is 2.93 bits per heavy atom. The van der Waals surface area contributed by atoms with Crippen LogP contribution in [0.5, 0.6) is 5.75 Å². The number of amides is 1. The van der Waals surface area contributed by atoms with Crippen molar-refractivity contribution in [1.82, 2.24) is 10.2 Å². The maximum Gasteiger partial charge on any atom is 0.220 e. The molecule has 158 valence electrons. The van der Waals surface area contributed by atoms with Crippen LogP contribution in [0.4, 0.5) is 0 Å². The van der Waals surface area contributed by atoms with Crippen LogP contribution in [-0.2, 0) is 21.4 Å². The normalized spacial score (nSPS) is 33.7. The second-order valence-electron chi connectivity index (χ2n) is 8.97. The largest absolute Gasteiger partial charge is 0.508 e. The quantitative estimate of drug-likeness (QED) is 0.534. The van der Waals surface area contributed by atoms with Gasteiger partial charge in [0.15, 0.2) is 0 Å². The molecule has 4 unspecified atom stereocenters. The van der Waals surface area contributed by atoms with Crippen molar-refractivity contribution in [3.63, 3.8) is 0 Å². The fourth-order valence-electron chi connectivity index (χ4n) is 5.90. The highest BCUT2D eigenvalue weighted by atomic mass is 16.3. The first-order chi connectivity index (χ1) is 13.8. The van der Waals surface area contributed by atoms with Gasteiger partial charge in [0.25, 0.3) is 0 Å². The Labute approximate surface area is 170 Å². The van der Waals surface area contributed by atoms with Gasteiger partial charge >= 0.3 is 0 Å². The fraction of sp³-hybridized carbons (Fsp3) is 0.636. The van der Waals surface area contributed by atoms with Crippen LogP contribution >= 0.6 is 0 Å². The maximum atomic E-state index is 13.1. The molecule has 1 amide bonds. The number of fused-ring (bicyclic) bond motifs is 1. The van der Waals surface area contributed by atoms with Gasteiger partial charge in [0.1, 0.15) is 11.5 Å². The number of likely N-dealkylation sites (tertiary alicyclic amines) is 1. The molecule has 2 aliphatic carbocycles. The molecule has 4 atom stereocenters. The Morgan fingerprint density at radius 2 is 2.17 bits per heavy atom. The van der Waals surface area contributed by atoms with Gasteiger partial charge in [0.05, 0.1) is 5.60 Å². The Balaban J connectivity index is 1.66. The summed E-state index contributed by atoms with van der Waals surface area (Å²) in [6.07, 6.45) is 2.29. The van der Waals surface area contributed by atoms with Gasteiger partial charge in [0.2, 0.25) is 5.91 Å². The minimum atomic E-state index is -1.12. The number of aliphatic hydroxyl groups excluding tert-OH is 1. The van der Waals surface area contributed by atoms with Crippen LogP contribution in [0, 0.1) is 5.92 Å². The van der Waals surface area contributed by atoms with E-state index in [-0.39, 0.29) is 49.4 Å². The van der Waals surface area contributed by atoms with Gasteiger partial charge in [-0.15, -0.1) is 0 Å². The summed E-state index contributed by atoms with van der Waals surface area (Å²) < 4.78 is 0. The van der Waals surface area contributed by atoms with Crippen molar-refractivity contribution >= 4 is 11.7 Å². The third kappa shape index (κ3) is 3.16. The summed E-state index contributed by atoms with van der Waals surface area (Å²) in [5.74, 6) is -0.582. The third-order valence-electron chi connectivity index (χ3n) is 7.40. The molecule has 4 N–H and O–H groups in total. The molecular weight excluding hydrogens is 372 g/mol. The van der Waals surface area contributed by atoms with Crippen molar-refractivity contribution in [1.29, 1.82) is 0 Å². The van der Waals surface area contributed by atoms with Crippen LogP contribution in [0.2, 0.25) is 0 Å². The van der Waals surface area contributed by atoms with Crippen LogP contribution in [-0.4, -0.2) is 70.3 Å². The van der Waals surface area contributed by atoms with E-state index in [0.29, 0.717) is 25.8 Å². The third-order valence-corrected chi connectivity index (χ3v) is 7.40. The molecule has 1 aromatic rings. The highest BCUT2D eigenvalue weighted by molar-refractivity contribution is 5.89. The van der Waals surface area contributed by atoms with E-state index in [1.165, 1.54) is 0 Å². The predicted molar refractivity (Wildman–Crippen MR) is 107 cm³/mol. The highest BCUT2D eigenvalue weighted by Crippen LogP contribution is 2.58. The van der Waals surface area contributed by atoms with Crippen LogP contribution < -0.4 is 5.32 Å². The van der Waals surface area contributed by atoms with Crippen LogP contribution in [0.3, 0.4) is 0 Å². The second kappa shape index (κ2) is 7.38. The molecule has 1 aliphatic heterocycles. The molecule has 7 heteroatoms. The number of nitrogens with one attached hydrogen (secondary N) is 1. The summed E-state index contributed by atoms with van der Waals surface area (Å²) in [6.45, 7) is 1.16. The number of hydrogen-bond acceptors (Lipinski definition) is 6. The van der Waals surface area contributed by atoms with Crippen molar-refractivity contribution in [2.24, 2.45) is 5.92 Å². The Kier molecular flexibility index (Phi) is 5.17. The Bertz CT molecular complexity index is 827. The van der Waals surface area contributed by atoms with E-state index in [1.54, 1.807) is 12.1 Å². The molecule has 1 saturated carbocycles. The molecule has 0 spiro atoms. The van der Waals surface area contributed by atoms with Gasteiger partial charge in [-0.25, -0.2) is 0 Å². The van der Waals surface area contributed by atoms with Gasteiger partial charge in [-0.2, -0.15) is 0 Å². The summed E-state index contributed by atoms with van der Waals surface area (Å²) in [6, 6.07) is 5.17. The molecule has 1 saturated heterocycles. The van der Waals surface area contributed by atoms with E-state index < -0.39 is 16.9 Å². The lowest BCUT2D eigenvalue weighted by molar-refractivity contribution is -0.179. The van der Waals surface area contributed by atoms with E-state index in [4.69, 9.17) is 5.11 Å². The van der Waals surface area contributed by atoms with E-state index >= 15 is 0 Å². The van der Waals surface area contributed by atoms with Crippen molar-refractivity contribution < 1.29 is 24.9 Å². The van der Waals surface area contributed by atoms with Crippen LogP contribution in [0.25, 0.3) is 0 Å². The molecule has 4 rings (SSSR count). The molecule has 2 fully saturated rings. The number of phenolic OH excluding ortho intramolecular Hbond substituents is 1. The number of benzene rings is 1. The average Bonchev–Trinajstić information content (AvgIpc) is 2.67. The number of likely N-dealkylation sites (N-methyl/N-ethyl adjacent to an activating group) is 1. The Hall–Kier alpha value is -1.96. The molecule has 1 aromatic carbocycles. The van der Waals surface area contributed by atoms with E-state index in [1.807, 2.05) is 13.1 Å². The standard InChI is InChI=1S/C22H30N2O5/c1-24-7-5-21-13-18(27)15(10-20(28)23-6-2-8-25)12-22(21,29)19(24)9-14-3-4-16(26)11-17(14)21/h3-4,11,15,19,25-26,29H,2,5-10,12-13H2,1H3,(H,23,28). The zero-order valence-corrected chi connectivity index (χ0v) is 16.9. The van der Waals surface area contributed by atoms with Gasteiger partial charge in [-0.3, -0.25) is 9.59 Å². The lowest BCUT2D eigenvalue weighted by Gasteiger charge is -2.63. The number of carbonyl (C=O) groups excluding carboxylic acids is 2. The minimum absolute atomic E-state index is 0.00514. The first kappa shape index (κ1) is 20.3. The van der Waals surface area contributed by atoms with E-state index in [9.17, 15) is 19.8 Å². The smallest absolute Gasteiger partial charge is 0.220 e. The molecule has 3 aliphatic rings. The summed E-state index contributed by atoms with van der Waals surface area (Å²) in [4.78, 5) is 27.6. The van der Waals surface area contributed by atoms with Crippen LogP contribution in [0.1, 0.15) is 43.2 Å². The lowest BCUT2D eigenvalue weighted by Crippen LogP contribution is -2.73. The van der Waals surface area contributed by atoms with Crippen molar-refractivity contribution in [2.45, 2.75) is 55.6 Å². The van der Waals surface area contributed by atoms with Gasteiger partial charge in [-0.1, -0.05) is 6.07 Å². The van der Waals surface area contributed by atoms with Crippen LogP contribution in [0.15, 0.2) is 18.2 Å². The molecule has 1 heterocycles. The van der Waals surface area contributed by atoms with Crippen molar-refractivity contribution in [2.75, 3.05) is 26.7 Å². The number of phenols is 1. The number of aromatic hydroxyl groups is 1. The summed E-state index contributed by atoms with van der Waals surface area (Å²) in [5, 5.41) is 33.7. The highest BCUT2D eigenvalue weighted by Gasteiger charge is 2.65. The SMILES string of the molecule is CN1CCC23CC(=O)C(CC(=O)NCCCO)CC2(O)C1Cc1ccc(O)cc13.